The monoisotopic (exact) mass is 385 g/mol. The van der Waals surface area contributed by atoms with Crippen LogP contribution in [0.5, 0.6) is 0 Å². The highest BCUT2D eigenvalue weighted by atomic mass is 16.5. The van der Waals surface area contributed by atoms with E-state index in [1.807, 2.05) is 18.2 Å². The van der Waals surface area contributed by atoms with Crippen molar-refractivity contribution in [3.8, 4) is 0 Å². The van der Waals surface area contributed by atoms with Gasteiger partial charge in [0, 0.05) is 0 Å². The van der Waals surface area contributed by atoms with Gasteiger partial charge in [0.05, 0.1) is 6.42 Å². The number of nitrogens with zero attached hydrogens (tertiary/aromatic N) is 1. The SMILES string of the molecule is CC[C@]1(c2ccccc2)NC(=O)N(NC(=O)COC(=O)C[C@@H]2C=CCC2)C1=O. The summed E-state index contributed by atoms with van der Waals surface area (Å²) in [7, 11) is 0. The fraction of sp³-hybridized carbons (Fsp3) is 0.400. The van der Waals surface area contributed by atoms with Crippen molar-refractivity contribution in [2.75, 3.05) is 6.61 Å². The van der Waals surface area contributed by atoms with Crippen molar-refractivity contribution >= 4 is 23.8 Å². The molecule has 1 fully saturated rings. The van der Waals surface area contributed by atoms with Crippen molar-refractivity contribution in [1.29, 1.82) is 0 Å². The van der Waals surface area contributed by atoms with E-state index in [9.17, 15) is 19.2 Å². The molecule has 0 saturated carbocycles. The third-order valence-corrected chi connectivity index (χ3v) is 5.03. The molecular weight excluding hydrogens is 362 g/mol. The number of esters is 1. The number of imide groups is 1. The van der Waals surface area contributed by atoms with E-state index in [0.717, 1.165) is 12.8 Å². The van der Waals surface area contributed by atoms with Crippen LogP contribution in [0.25, 0.3) is 0 Å². The molecule has 8 heteroatoms. The zero-order valence-corrected chi connectivity index (χ0v) is 15.6. The average molecular weight is 385 g/mol. The summed E-state index contributed by atoms with van der Waals surface area (Å²) in [5.41, 5.74) is 1.62. The van der Waals surface area contributed by atoms with Crippen molar-refractivity contribution < 1.29 is 23.9 Å². The predicted octanol–water partition coefficient (Wildman–Crippen LogP) is 1.77. The maximum Gasteiger partial charge on any atom is 0.344 e. The molecule has 3 rings (SSSR count). The minimum Gasteiger partial charge on any atom is -0.455 e. The summed E-state index contributed by atoms with van der Waals surface area (Å²) in [4.78, 5) is 49.1. The van der Waals surface area contributed by atoms with Crippen molar-refractivity contribution in [2.45, 2.75) is 38.1 Å². The Morgan fingerprint density at radius 3 is 2.68 bits per heavy atom. The molecule has 2 aliphatic rings. The molecule has 28 heavy (non-hydrogen) atoms. The van der Waals surface area contributed by atoms with Gasteiger partial charge in [-0.2, -0.15) is 5.01 Å². The first-order chi connectivity index (χ1) is 13.5. The molecule has 1 aromatic rings. The van der Waals surface area contributed by atoms with Crippen molar-refractivity contribution in [3.63, 3.8) is 0 Å². The molecule has 0 radical (unpaired) electrons. The van der Waals surface area contributed by atoms with E-state index in [0.29, 0.717) is 17.0 Å². The first-order valence-electron chi connectivity index (χ1n) is 9.30. The highest BCUT2D eigenvalue weighted by Crippen LogP contribution is 2.31. The minimum atomic E-state index is -1.24. The lowest BCUT2D eigenvalue weighted by Crippen LogP contribution is -2.49. The van der Waals surface area contributed by atoms with Crippen LogP contribution in [0.2, 0.25) is 0 Å². The predicted molar refractivity (Wildman–Crippen MR) is 99.4 cm³/mol. The first-order valence-corrected chi connectivity index (χ1v) is 9.30. The number of ether oxygens (including phenoxy) is 1. The van der Waals surface area contributed by atoms with Gasteiger partial charge in [-0.25, -0.2) is 4.79 Å². The van der Waals surface area contributed by atoms with Gasteiger partial charge in [0.15, 0.2) is 6.61 Å². The Labute approximate surface area is 162 Å². The summed E-state index contributed by atoms with van der Waals surface area (Å²) in [6.07, 6.45) is 6.32. The van der Waals surface area contributed by atoms with E-state index < -0.39 is 36.0 Å². The summed E-state index contributed by atoms with van der Waals surface area (Å²) >= 11 is 0. The Balaban J connectivity index is 1.58. The van der Waals surface area contributed by atoms with Gasteiger partial charge in [0.2, 0.25) is 0 Å². The van der Waals surface area contributed by atoms with Gasteiger partial charge in [0.1, 0.15) is 5.54 Å². The molecular formula is C20H23N3O5. The number of nitrogens with one attached hydrogen (secondary N) is 2. The lowest BCUT2D eigenvalue weighted by atomic mass is 9.87. The molecule has 0 bridgehead atoms. The quantitative estimate of drug-likeness (QED) is 0.423. The number of allylic oxidation sites excluding steroid dienone is 2. The van der Waals surface area contributed by atoms with E-state index in [1.54, 1.807) is 31.2 Å². The molecule has 1 heterocycles. The van der Waals surface area contributed by atoms with Crippen molar-refractivity contribution in [3.05, 3.63) is 48.0 Å². The lowest BCUT2D eigenvalue weighted by molar-refractivity contribution is -0.151. The van der Waals surface area contributed by atoms with E-state index in [4.69, 9.17) is 4.74 Å². The standard InChI is InChI=1S/C20H23N3O5/c1-2-20(15-10-4-3-5-11-15)18(26)23(19(27)21-20)22-16(24)13-28-17(25)12-14-8-6-7-9-14/h3-6,8,10-11,14H,2,7,9,12-13H2,1H3,(H,21,27)(H,22,24)/t14-,20-/m1/s1. The van der Waals surface area contributed by atoms with Crippen LogP contribution >= 0.6 is 0 Å². The minimum absolute atomic E-state index is 0.137. The zero-order chi connectivity index (χ0) is 20.1. The number of benzene rings is 1. The molecule has 0 spiro atoms. The summed E-state index contributed by atoms with van der Waals surface area (Å²) in [5, 5.41) is 3.30. The molecule has 0 unspecified atom stereocenters. The number of hydrogen-bond acceptors (Lipinski definition) is 5. The van der Waals surface area contributed by atoms with E-state index in [-0.39, 0.29) is 12.3 Å². The van der Waals surface area contributed by atoms with Gasteiger partial charge in [-0.3, -0.25) is 19.8 Å². The Morgan fingerprint density at radius 2 is 2.04 bits per heavy atom. The summed E-state index contributed by atoms with van der Waals surface area (Å²) < 4.78 is 4.95. The molecule has 1 saturated heterocycles. The van der Waals surface area contributed by atoms with Gasteiger partial charge >= 0.3 is 12.0 Å². The second-order valence-electron chi connectivity index (χ2n) is 6.86. The molecule has 1 aliphatic carbocycles. The van der Waals surface area contributed by atoms with Gasteiger partial charge in [-0.15, -0.1) is 0 Å². The second kappa shape index (κ2) is 8.24. The summed E-state index contributed by atoms with van der Waals surface area (Å²) in [5.74, 6) is -1.69. The summed E-state index contributed by atoms with van der Waals surface area (Å²) in [6.45, 7) is 1.21. The Bertz CT molecular complexity index is 807. The smallest absolute Gasteiger partial charge is 0.344 e. The third-order valence-electron chi connectivity index (χ3n) is 5.03. The number of hydrogen-bond donors (Lipinski definition) is 2. The van der Waals surface area contributed by atoms with Gasteiger partial charge < -0.3 is 10.1 Å². The highest BCUT2D eigenvalue weighted by Gasteiger charge is 2.52. The molecule has 2 N–H and O–H groups in total. The van der Waals surface area contributed by atoms with Gasteiger partial charge in [-0.05, 0) is 30.7 Å². The fourth-order valence-corrected chi connectivity index (χ4v) is 3.48. The lowest BCUT2D eigenvalue weighted by Gasteiger charge is -2.25. The number of rotatable bonds is 7. The normalized spacial score (nSPS) is 23.6. The second-order valence-corrected chi connectivity index (χ2v) is 6.86. The van der Waals surface area contributed by atoms with Crippen molar-refractivity contribution in [1.82, 2.24) is 15.8 Å². The third kappa shape index (κ3) is 3.90. The molecule has 0 aromatic heterocycles. The number of carbonyl (C=O) groups excluding carboxylic acids is 4. The van der Waals surface area contributed by atoms with Crippen LogP contribution in [0.4, 0.5) is 4.79 Å². The molecule has 4 amide bonds. The molecule has 148 valence electrons. The largest absolute Gasteiger partial charge is 0.455 e. The van der Waals surface area contributed by atoms with Crippen LogP contribution in [0.1, 0.15) is 38.2 Å². The van der Waals surface area contributed by atoms with Crippen molar-refractivity contribution in [2.24, 2.45) is 5.92 Å². The number of hydrazine groups is 1. The van der Waals surface area contributed by atoms with Crippen LogP contribution in [0, 0.1) is 5.92 Å². The van der Waals surface area contributed by atoms with E-state index in [2.05, 4.69) is 10.7 Å². The molecule has 8 nitrogen and oxygen atoms in total. The highest BCUT2D eigenvalue weighted by molar-refractivity contribution is 6.08. The number of amides is 4. The van der Waals surface area contributed by atoms with Gasteiger partial charge in [0.25, 0.3) is 11.8 Å². The number of carbonyl (C=O) groups is 4. The van der Waals surface area contributed by atoms with Crippen LogP contribution in [0.15, 0.2) is 42.5 Å². The number of urea groups is 1. The molecule has 1 aromatic carbocycles. The summed E-state index contributed by atoms with van der Waals surface area (Å²) in [6, 6.07) is 8.10. The zero-order valence-electron chi connectivity index (χ0n) is 15.6. The van der Waals surface area contributed by atoms with E-state index >= 15 is 0 Å². The Hall–Kier alpha value is -3.16. The average Bonchev–Trinajstić information content (AvgIpc) is 3.29. The van der Waals surface area contributed by atoms with Crippen LogP contribution in [0.3, 0.4) is 0 Å². The van der Waals surface area contributed by atoms with Gasteiger partial charge in [-0.1, -0.05) is 49.4 Å². The van der Waals surface area contributed by atoms with Crippen LogP contribution in [-0.4, -0.2) is 35.4 Å². The molecule has 2 atom stereocenters. The Morgan fingerprint density at radius 1 is 1.29 bits per heavy atom. The Kier molecular flexibility index (Phi) is 5.77. The van der Waals surface area contributed by atoms with E-state index in [1.165, 1.54) is 0 Å². The topological polar surface area (TPSA) is 105 Å². The first kappa shape index (κ1) is 19.6. The van der Waals surface area contributed by atoms with Crippen LogP contribution in [-0.2, 0) is 24.7 Å². The van der Waals surface area contributed by atoms with Crippen LogP contribution < -0.4 is 10.7 Å². The maximum absolute atomic E-state index is 12.9. The molecule has 1 aliphatic heterocycles. The fourth-order valence-electron chi connectivity index (χ4n) is 3.48. The maximum atomic E-state index is 12.9.